The zero-order valence-corrected chi connectivity index (χ0v) is 20.4. The van der Waals surface area contributed by atoms with E-state index in [9.17, 15) is 9.59 Å². The third kappa shape index (κ3) is 4.86. The van der Waals surface area contributed by atoms with Crippen LogP contribution in [0.5, 0.6) is 0 Å². The molecular weight excluding hydrogens is 438 g/mol. The molecule has 0 saturated carbocycles. The molecule has 3 aromatic rings. The van der Waals surface area contributed by atoms with Crippen molar-refractivity contribution in [2.45, 2.75) is 43.7 Å². The van der Waals surface area contributed by atoms with E-state index in [1.54, 1.807) is 24.0 Å². The smallest absolute Gasteiger partial charge is 0.258 e. The summed E-state index contributed by atoms with van der Waals surface area (Å²) in [5.41, 5.74) is 2.99. The number of amides is 2. The van der Waals surface area contributed by atoms with Crippen LogP contribution in [0.3, 0.4) is 0 Å². The molecule has 2 aliphatic heterocycles. The van der Waals surface area contributed by atoms with E-state index in [-0.39, 0.29) is 23.8 Å². The molecule has 0 unspecified atom stereocenters. The van der Waals surface area contributed by atoms with Gasteiger partial charge in [0.25, 0.3) is 11.8 Å². The van der Waals surface area contributed by atoms with E-state index in [1.165, 1.54) is 18.2 Å². The molecule has 2 aliphatic rings. The number of aromatic nitrogens is 2. The maximum Gasteiger partial charge on any atom is 0.258 e. The van der Waals surface area contributed by atoms with Crippen LogP contribution in [0.2, 0.25) is 0 Å². The summed E-state index contributed by atoms with van der Waals surface area (Å²) in [6.07, 6.45) is 7.66. The van der Waals surface area contributed by atoms with Gasteiger partial charge in [-0.2, -0.15) is 5.10 Å². The van der Waals surface area contributed by atoms with Gasteiger partial charge < -0.3 is 15.1 Å². The number of carbonyl (C=O) groups is 2. The van der Waals surface area contributed by atoms with Gasteiger partial charge in [0.2, 0.25) is 0 Å². The average molecular weight is 472 g/mol. The van der Waals surface area contributed by atoms with Crippen molar-refractivity contribution in [3.05, 3.63) is 83.7 Å². The number of hydrogen-bond acceptors (Lipinski definition) is 4. The van der Waals surface area contributed by atoms with Crippen molar-refractivity contribution in [3.8, 4) is 0 Å². The summed E-state index contributed by atoms with van der Waals surface area (Å²) in [5, 5.41) is 6.97. The summed E-state index contributed by atoms with van der Waals surface area (Å²) in [6, 6.07) is 18.4. The first-order valence-electron chi connectivity index (χ1n) is 12.5. The molecule has 1 N–H and O–H groups in total. The van der Waals surface area contributed by atoms with Crippen molar-refractivity contribution in [3.63, 3.8) is 0 Å². The lowest BCUT2D eigenvalue weighted by atomic mass is 9.86. The quantitative estimate of drug-likeness (QED) is 0.621. The molecular formula is C28H33N5O2. The lowest BCUT2D eigenvalue weighted by molar-refractivity contribution is 0.0587. The summed E-state index contributed by atoms with van der Waals surface area (Å²) in [5.74, 6) is 0.0768. The van der Waals surface area contributed by atoms with E-state index in [0.717, 1.165) is 32.4 Å². The number of aryl methyl sites for hydroxylation is 1. The van der Waals surface area contributed by atoms with Crippen LogP contribution in [0, 0.1) is 0 Å². The predicted octanol–water partition coefficient (Wildman–Crippen LogP) is 4.16. The lowest BCUT2D eigenvalue weighted by Gasteiger charge is -2.39. The van der Waals surface area contributed by atoms with Crippen molar-refractivity contribution in [2.75, 3.05) is 25.5 Å². The topological polar surface area (TPSA) is 70.5 Å². The highest BCUT2D eigenvalue weighted by Gasteiger charge is 2.45. The van der Waals surface area contributed by atoms with E-state index >= 15 is 0 Å². The summed E-state index contributed by atoms with van der Waals surface area (Å²) < 4.78 is 1.59. The Labute approximate surface area is 206 Å². The fourth-order valence-corrected chi connectivity index (χ4v) is 5.74. The third-order valence-corrected chi connectivity index (χ3v) is 7.44. The Kier molecular flexibility index (Phi) is 6.68. The standard InChI is InChI=1S/C28H33N5O2/c1-31-19-24(20-10-5-3-6-11-20)26-25(31)14-7-4-8-15-33(26)28(35)21-12-9-13-23(16-21)30-27(34)22-17-29-32(2)18-22/h3,5-6,9-13,16-18,24-26H,4,7-8,14-15,19H2,1-2H3,(H,30,34)/t24-,25-,26-/m0/s1. The molecule has 0 spiro atoms. The van der Waals surface area contributed by atoms with Gasteiger partial charge in [-0.3, -0.25) is 14.3 Å². The number of nitrogens with zero attached hydrogens (tertiary/aromatic N) is 4. The third-order valence-electron chi connectivity index (χ3n) is 7.44. The Morgan fingerprint density at radius 2 is 1.80 bits per heavy atom. The molecule has 0 aliphatic carbocycles. The molecule has 1 aromatic heterocycles. The molecule has 3 heterocycles. The molecule has 2 saturated heterocycles. The van der Waals surface area contributed by atoms with E-state index in [2.05, 4.69) is 51.5 Å². The minimum atomic E-state index is -0.240. The normalized spacial score (nSPS) is 22.8. The number of fused-ring (bicyclic) bond motifs is 1. The van der Waals surface area contributed by atoms with E-state index in [1.807, 2.05) is 24.3 Å². The van der Waals surface area contributed by atoms with Gasteiger partial charge in [0.1, 0.15) is 0 Å². The fourth-order valence-electron chi connectivity index (χ4n) is 5.74. The molecule has 7 nitrogen and oxygen atoms in total. The SMILES string of the molecule is CN1C[C@@H](c2ccccc2)[C@H]2[C@@H]1CCCCCN2C(=O)c1cccc(NC(=O)c2cnn(C)c2)c1. The maximum atomic E-state index is 14.0. The Bertz CT molecular complexity index is 1190. The number of hydrogen-bond donors (Lipinski definition) is 1. The number of rotatable bonds is 4. The highest BCUT2D eigenvalue weighted by molar-refractivity contribution is 6.04. The second-order valence-electron chi connectivity index (χ2n) is 9.80. The molecule has 3 atom stereocenters. The van der Waals surface area contributed by atoms with Gasteiger partial charge in [-0.05, 0) is 43.7 Å². The zero-order chi connectivity index (χ0) is 24.4. The summed E-state index contributed by atoms with van der Waals surface area (Å²) >= 11 is 0. The Morgan fingerprint density at radius 3 is 2.57 bits per heavy atom. The molecule has 0 radical (unpaired) electrons. The van der Waals surface area contributed by atoms with Gasteiger partial charge in [0.05, 0.1) is 17.8 Å². The van der Waals surface area contributed by atoms with Crippen molar-refractivity contribution >= 4 is 17.5 Å². The van der Waals surface area contributed by atoms with Gasteiger partial charge in [-0.25, -0.2) is 0 Å². The van der Waals surface area contributed by atoms with Crippen LogP contribution in [0.15, 0.2) is 67.0 Å². The summed E-state index contributed by atoms with van der Waals surface area (Å²) in [6.45, 7) is 1.70. The van der Waals surface area contributed by atoms with E-state index in [4.69, 9.17) is 0 Å². The fraction of sp³-hybridized carbons (Fsp3) is 0.393. The summed E-state index contributed by atoms with van der Waals surface area (Å²) in [4.78, 5) is 31.2. The molecule has 7 heteroatoms. The average Bonchev–Trinajstić information content (AvgIpc) is 3.42. The van der Waals surface area contributed by atoms with Crippen LogP contribution in [0.25, 0.3) is 0 Å². The zero-order valence-electron chi connectivity index (χ0n) is 20.4. The van der Waals surface area contributed by atoms with Crippen molar-refractivity contribution < 1.29 is 9.59 Å². The van der Waals surface area contributed by atoms with Gasteiger partial charge in [0.15, 0.2) is 0 Å². The van der Waals surface area contributed by atoms with E-state index in [0.29, 0.717) is 22.9 Å². The monoisotopic (exact) mass is 471 g/mol. The number of carbonyl (C=O) groups excluding carboxylic acids is 2. The molecule has 2 fully saturated rings. The first-order valence-corrected chi connectivity index (χ1v) is 12.5. The Balaban J connectivity index is 1.42. The van der Waals surface area contributed by atoms with Crippen LogP contribution in [0.1, 0.15) is 57.9 Å². The molecule has 5 rings (SSSR count). The van der Waals surface area contributed by atoms with Crippen molar-refractivity contribution in [1.82, 2.24) is 19.6 Å². The van der Waals surface area contributed by atoms with E-state index < -0.39 is 0 Å². The first-order chi connectivity index (χ1) is 17.0. The largest absolute Gasteiger partial charge is 0.333 e. The maximum absolute atomic E-state index is 14.0. The van der Waals surface area contributed by atoms with Gasteiger partial charge in [0, 0.05) is 49.5 Å². The Hall–Kier alpha value is -3.45. The van der Waals surface area contributed by atoms with Crippen LogP contribution in [-0.2, 0) is 7.05 Å². The highest BCUT2D eigenvalue weighted by Crippen LogP contribution is 2.39. The first kappa shape index (κ1) is 23.3. The lowest BCUT2D eigenvalue weighted by Crippen LogP contribution is -2.50. The van der Waals surface area contributed by atoms with Gasteiger partial charge in [-0.1, -0.05) is 49.2 Å². The van der Waals surface area contributed by atoms with Crippen LogP contribution < -0.4 is 5.32 Å². The van der Waals surface area contributed by atoms with Crippen LogP contribution in [0.4, 0.5) is 5.69 Å². The number of likely N-dealkylation sites (tertiary alicyclic amines) is 2. The van der Waals surface area contributed by atoms with Crippen LogP contribution >= 0.6 is 0 Å². The van der Waals surface area contributed by atoms with Crippen LogP contribution in [-0.4, -0.2) is 63.6 Å². The Morgan fingerprint density at radius 1 is 0.971 bits per heavy atom. The number of anilines is 1. The summed E-state index contributed by atoms with van der Waals surface area (Å²) in [7, 11) is 3.97. The minimum Gasteiger partial charge on any atom is -0.333 e. The van der Waals surface area contributed by atoms with Gasteiger partial charge >= 0.3 is 0 Å². The molecule has 182 valence electrons. The second-order valence-corrected chi connectivity index (χ2v) is 9.80. The second kappa shape index (κ2) is 10.0. The predicted molar refractivity (Wildman–Crippen MR) is 136 cm³/mol. The highest BCUT2D eigenvalue weighted by atomic mass is 16.2. The number of benzene rings is 2. The molecule has 2 aromatic carbocycles. The number of likely N-dealkylation sites (N-methyl/N-ethyl adjacent to an activating group) is 1. The molecule has 35 heavy (non-hydrogen) atoms. The van der Waals surface area contributed by atoms with Gasteiger partial charge in [-0.15, -0.1) is 0 Å². The van der Waals surface area contributed by atoms with Crippen molar-refractivity contribution in [2.24, 2.45) is 7.05 Å². The number of nitrogens with one attached hydrogen (secondary N) is 1. The van der Waals surface area contributed by atoms with Crippen molar-refractivity contribution in [1.29, 1.82) is 0 Å². The molecule has 0 bridgehead atoms. The minimum absolute atomic E-state index is 0.0376. The molecule has 2 amide bonds.